The van der Waals surface area contributed by atoms with Gasteiger partial charge in [-0.3, -0.25) is 4.79 Å². The number of nitrogens with one attached hydrogen (secondary N) is 1. The summed E-state index contributed by atoms with van der Waals surface area (Å²) in [5, 5.41) is 33.2. The average Bonchev–Trinajstić information content (AvgIpc) is 3.07. The average molecular weight is 664 g/mol. The molecule has 0 aliphatic heterocycles. The first-order valence-electron chi connectivity index (χ1n) is 20.6. The number of carbonyl (C=O) groups excluding carboxylic acids is 1. The lowest BCUT2D eigenvalue weighted by Gasteiger charge is -2.26. The molecule has 0 spiro atoms. The Morgan fingerprint density at radius 3 is 1.34 bits per heavy atom. The highest BCUT2D eigenvalue weighted by molar-refractivity contribution is 5.76. The molecule has 0 aromatic heterocycles. The lowest BCUT2D eigenvalue weighted by Crippen LogP contribution is -2.50. The van der Waals surface area contributed by atoms with E-state index in [-0.39, 0.29) is 12.5 Å². The van der Waals surface area contributed by atoms with Gasteiger partial charge in [0.2, 0.25) is 5.91 Å². The molecule has 4 N–H and O–H groups in total. The Kier molecular flexibility index (Phi) is 36.7. The molecule has 3 atom stereocenters. The third kappa shape index (κ3) is 33.1. The van der Waals surface area contributed by atoms with Crippen molar-refractivity contribution in [3.05, 3.63) is 24.3 Å². The minimum atomic E-state index is -1.13. The second-order valence-electron chi connectivity index (χ2n) is 14.2. The molecule has 0 saturated carbocycles. The van der Waals surface area contributed by atoms with Crippen molar-refractivity contribution in [1.29, 1.82) is 0 Å². The van der Waals surface area contributed by atoms with Gasteiger partial charge in [-0.2, -0.15) is 0 Å². The number of aliphatic hydroxyl groups is 3. The van der Waals surface area contributed by atoms with Crippen LogP contribution < -0.4 is 5.32 Å². The van der Waals surface area contributed by atoms with Crippen molar-refractivity contribution in [2.75, 3.05) is 6.61 Å². The van der Waals surface area contributed by atoms with E-state index in [0.29, 0.717) is 12.8 Å². The summed E-state index contributed by atoms with van der Waals surface area (Å²) in [6.45, 7) is 4.13. The zero-order valence-corrected chi connectivity index (χ0v) is 31.4. The number of aliphatic hydroxyl groups excluding tert-OH is 3. The summed E-state index contributed by atoms with van der Waals surface area (Å²) in [6.07, 6.45) is 44.4. The number of hydrogen-bond acceptors (Lipinski definition) is 4. The molecule has 5 nitrogen and oxygen atoms in total. The maximum absolute atomic E-state index is 12.4. The number of hydrogen-bond donors (Lipinski definition) is 4. The molecule has 0 fully saturated rings. The van der Waals surface area contributed by atoms with Crippen LogP contribution in [0.25, 0.3) is 0 Å². The SMILES string of the molecule is CCCCCCCCCCC/C=C\C/C=C\CCCCCCCCCCCC(=O)NC(CO)C(O)C(O)CCCCCCCCCC. The van der Waals surface area contributed by atoms with Gasteiger partial charge in [-0.1, -0.05) is 186 Å². The van der Waals surface area contributed by atoms with E-state index >= 15 is 0 Å². The Labute approximate surface area is 292 Å². The molecular weight excluding hydrogens is 582 g/mol. The topological polar surface area (TPSA) is 89.8 Å². The van der Waals surface area contributed by atoms with Crippen molar-refractivity contribution in [3.8, 4) is 0 Å². The van der Waals surface area contributed by atoms with Gasteiger partial charge in [-0.25, -0.2) is 0 Å². The Morgan fingerprint density at radius 2 is 0.915 bits per heavy atom. The van der Waals surface area contributed by atoms with Gasteiger partial charge in [-0.05, 0) is 44.9 Å². The van der Waals surface area contributed by atoms with Crippen LogP contribution in [0.15, 0.2) is 24.3 Å². The number of amides is 1. The molecule has 1 amide bonds. The van der Waals surface area contributed by atoms with Crippen LogP contribution in [0.4, 0.5) is 0 Å². The van der Waals surface area contributed by atoms with E-state index in [9.17, 15) is 20.1 Å². The van der Waals surface area contributed by atoms with Crippen LogP contribution in [-0.2, 0) is 4.79 Å². The highest BCUT2D eigenvalue weighted by Gasteiger charge is 2.26. The summed E-state index contributed by atoms with van der Waals surface area (Å²) in [5.74, 6) is -0.151. The van der Waals surface area contributed by atoms with E-state index in [1.165, 1.54) is 141 Å². The van der Waals surface area contributed by atoms with Crippen LogP contribution in [-0.4, -0.2) is 46.1 Å². The van der Waals surface area contributed by atoms with E-state index in [4.69, 9.17) is 0 Å². The highest BCUT2D eigenvalue weighted by atomic mass is 16.3. The van der Waals surface area contributed by atoms with Crippen LogP contribution in [0, 0.1) is 0 Å². The smallest absolute Gasteiger partial charge is 0.220 e. The summed E-state index contributed by atoms with van der Waals surface area (Å²) in [6, 6.07) is -0.807. The predicted octanol–water partition coefficient (Wildman–Crippen LogP) is 11.4. The molecule has 0 bridgehead atoms. The molecule has 3 unspecified atom stereocenters. The maximum Gasteiger partial charge on any atom is 0.220 e. The number of rotatable bonds is 37. The first kappa shape index (κ1) is 45.8. The molecule has 278 valence electrons. The summed E-state index contributed by atoms with van der Waals surface area (Å²) in [4.78, 5) is 12.4. The minimum absolute atomic E-state index is 0.151. The molecule has 0 heterocycles. The summed E-state index contributed by atoms with van der Waals surface area (Å²) in [5.41, 5.74) is 0. The third-order valence-electron chi connectivity index (χ3n) is 9.56. The molecule has 0 saturated heterocycles. The van der Waals surface area contributed by atoms with E-state index in [0.717, 1.165) is 44.9 Å². The molecule has 0 aliphatic rings. The van der Waals surface area contributed by atoms with Crippen molar-refractivity contribution in [3.63, 3.8) is 0 Å². The van der Waals surface area contributed by atoms with Gasteiger partial charge in [-0.15, -0.1) is 0 Å². The van der Waals surface area contributed by atoms with E-state index in [1.807, 2.05) is 0 Å². The summed E-state index contributed by atoms with van der Waals surface area (Å²) < 4.78 is 0. The van der Waals surface area contributed by atoms with E-state index in [1.54, 1.807) is 0 Å². The molecule has 0 aliphatic carbocycles. The van der Waals surface area contributed by atoms with Gasteiger partial charge < -0.3 is 20.6 Å². The summed E-state index contributed by atoms with van der Waals surface area (Å²) in [7, 11) is 0. The minimum Gasteiger partial charge on any atom is -0.394 e. The molecule has 0 aromatic rings. The number of allylic oxidation sites excluding steroid dienone is 4. The normalized spacial score (nSPS) is 13.9. The van der Waals surface area contributed by atoms with Crippen LogP contribution in [0.2, 0.25) is 0 Å². The Balaban J connectivity index is 3.58. The largest absolute Gasteiger partial charge is 0.394 e. The van der Waals surface area contributed by atoms with Crippen molar-refractivity contribution in [2.45, 2.75) is 231 Å². The zero-order valence-electron chi connectivity index (χ0n) is 31.4. The van der Waals surface area contributed by atoms with Crippen LogP contribution in [0.3, 0.4) is 0 Å². The van der Waals surface area contributed by atoms with Crippen molar-refractivity contribution in [2.24, 2.45) is 0 Å². The first-order valence-corrected chi connectivity index (χ1v) is 20.6. The van der Waals surface area contributed by atoms with E-state index in [2.05, 4.69) is 43.5 Å². The summed E-state index contributed by atoms with van der Waals surface area (Å²) >= 11 is 0. The Bertz CT molecular complexity index is 694. The molecule has 0 radical (unpaired) electrons. The van der Waals surface area contributed by atoms with Crippen LogP contribution in [0.5, 0.6) is 0 Å². The van der Waals surface area contributed by atoms with Crippen molar-refractivity contribution < 1.29 is 20.1 Å². The van der Waals surface area contributed by atoms with Crippen molar-refractivity contribution in [1.82, 2.24) is 5.32 Å². The van der Waals surface area contributed by atoms with Gasteiger partial charge in [0, 0.05) is 6.42 Å². The molecule has 5 heteroatoms. The van der Waals surface area contributed by atoms with E-state index < -0.39 is 18.2 Å². The predicted molar refractivity (Wildman–Crippen MR) is 204 cm³/mol. The molecule has 0 aromatic carbocycles. The zero-order chi connectivity index (χ0) is 34.5. The fourth-order valence-electron chi connectivity index (χ4n) is 6.31. The number of carbonyl (C=O) groups is 1. The standard InChI is InChI=1S/C42H81NO4/c1-3-5-7-9-11-13-14-15-16-17-18-19-20-21-22-23-24-25-26-27-28-29-31-33-35-37-41(46)43-39(38-44)42(47)40(45)36-34-32-30-12-10-8-6-4-2/h18-19,21-22,39-40,42,44-45,47H,3-17,20,23-38H2,1-2H3,(H,43,46)/b19-18-,22-21-. The van der Waals surface area contributed by atoms with Crippen molar-refractivity contribution >= 4 is 5.91 Å². The fourth-order valence-corrected chi connectivity index (χ4v) is 6.31. The maximum atomic E-state index is 12.4. The van der Waals surface area contributed by atoms with Gasteiger partial charge >= 0.3 is 0 Å². The monoisotopic (exact) mass is 664 g/mol. The van der Waals surface area contributed by atoms with Crippen LogP contribution in [0.1, 0.15) is 213 Å². The lowest BCUT2D eigenvalue weighted by molar-refractivity contribution is -0.124. The second kappa shape index (κ2) is 37.6. The first-order chi connectivity index (χ1) is 23.1. The molecule has 47 heavy (non-hydrogen) atoms. The van der Waals surface area contributed by atoms with Crippen LogP contribution >= 0.6 is 0 Å². The molecular formula is C42H81NO4. The highest BCUT2D eigenvalue weighted by Crippen LogP contribution is 2.15. The van der Waals surface area contributed by atoms with Gasteiger partial charge in [0.25, 0.3) is 0 Å². The van der Waals surface area contributed by atoms with Gasteiger partial charge in [0.15, 0.2) is 0 Å². The quantitative estimate of drug-likeness (QED) is 0.0393. The Hall–Kier alpha value is -1.17. The Morgan fingerprint density at radius 1 is 0.532 bits per heavy atom. The third-order valence-corrected chi connectivity index (χ3v) is 9.56. The lowest BCUT2D eigenvalue weighted by atomic mass is 9.99. The van der Waals surface area contributed by atoms with Gasteiger partial charge in [0.05, 0.1) is 18.8 Å². The number of unbranched alkanes of at least 4 members (excludes halogenated alkanes) is 25. The second-order valence-corrected chi connectivity index (χ2v) is 14.2. The fraction of sp³-hybridized carbons (Fsp3) is 0.881. The van der Waals surface area contributed by atoms with Gasteiger partial charge in [0.1, 0.15) is 6.10 Å². The molecule has 0 rings (SSSR count).